The minimum Gasteiger partial charge on any atom is -0.478 e. The molecule has 1 N–H and O–H groups in total. The highest BCUT2D eigenvalue weighted by Crippen LogP contribution is 2.15. The van der Waals surface area contributed by atoms with E-state index in [9.17, 15) is 22.4 Å². The maximum Gasteiger partial charge on any atom is 0.335 e. The third-order valence-corrected chi connectivity index (χ3v) is 4.74. The number of halogens is 1. The van der Waals surface area contributed by atoms with Crippen molar-refractivity contribution in [3.05, 3.63) is 35.1 Å². The van der Waals surface area contributed by atoms with Crippen LogP contribution < -0.4 is 0 Å². The van der Waals surface area contributed by atoms with E-state index in [1.165, 1.54) is 9.21 Å². The highest BCUT2D eigenvalue weighted by Gasteiger charge is 2.28. The molecule has 1 aromatic rings. The largest absolute Gasteiger partial charge is 0.478 e. The van der Waals surface area contributed by atoms with E-state index in [4.69, 9.17) is 5.11 Å². The molecule has 0 spiro atoms. The lowest BCUT2D eigenvalue weighted by atomic mass is 10.1. The lowest BCUT2D eigenvalue weighted by Gasteiger charge is -2.33. The molecule has 0 radical (unpaired) electrons. The normalized spacial score (nSPS) is 16.5. The monoisotopic (exact) mass is 330 g/mol. The smallest absolute Gasteiger partial charge is 0.335 e. The van der Waals surface area contributed by atoms with E-state index in [-0.39, 0.29) is 37.3 Å². The number of amides is 1. The Bertz CT molecular complexity index is 711. The van der Waals surface area contributed by atoms with E-state index in [1.54, 1.807) is 0 Å². The number of piperazine rings is 1. The topological polar surface area (TPSA) is 95.0 Å². The van der Waals surface area contributed by atoms with Crippen LogP contribution in [0.4, 0.5) is 4.39 Å². The van der Waals surface area contributed by atoms with Crippen LogP contribution in [0.3, 0.4) is 0 Å². The van der Waals surface area contributed by atoms with Gasteiger partial charge in [-0.2, -0.15) is 4.31 Å². The number of hydrogen-bond acceptors (Lipinski definition) is 4. The number of benzene rings is 1. The Morgan fingerprint density at radius 1 is 1.18 bits per heavy atom. The number of rotatable bonds is 3. The average molecular weight is 330 g/mol. The van der Waals surface area contributed by atoms with Crippen LogP contribution in [0.5, 0.6) is 0 Å². The Hall–Kier alpha value is -2.00. The van der Waals surface area contributed by atoms with E-state index in [1.807, 2.05) is 0 Å². The van der Waals surface area contributed by atoms with Gasteiger partial charge in [0.15, 0.2) is 0 Å². The van der Waals surface area contributed by atoms with E-state index < -0.39 is 27.7 Å². The molecule has 0 unspecified atom stereocenters. The summed E-state index contributed by atoms with van der Waals surface area (Å²) in [7, 11) is -3.31. The summed E-state index contributed by atoms with van der Waals surface area (Å²) < 4.78 is 37.9. The predicted octanol–water partition coefficient (Wildman–Crippen LogP) is 0.241. The van der Waals surface area contributed by atoms with Crippen LogP contribution in [-0.4, -0.2) is 67.0 Å². The second-order valence-electron chi connectivity index (χ2n) is 4.95. The first-order valence-corrected chi connectivity index (χ1v) is 8.32. The minimum absolute atomic E-state index is 0.152. The highest BCUT2D eigenvalue weighted by molar-refractivity contribution is 7.88. The zero-order valence-corrected chi connectivity index (χ0v) is 12.6. The van der Waals surface area contributed by atoms with Crippen LogP contribution in [0.15, 0.2) is 18.2 Å². The summed E-state index contributed by atoms with van der Waals surface area (Å²) in [6.07, 6.45) is 1.09. The minimum atomic E-state index is -3.31. The van der Waals surface area contributed by atoms with Crippen LogP contribution in [0.2, 0.25) is 0 Å². The molecule has 120 valence electrons. The quantitative estimate of drug-likeness (QED) is 0.857. The SMILES string of the molecule is CS(=O)(=O)N1CCN(C(=O)c2ccc(C(=O)O)cc2F)CC1. The molecule has 7 nitrogen and oxygen atoms in total. The summed E-state index contributed by atoms with van der Waals surface area (Å²) in [6.45, 7) is 0.622. The van der Waals surface area contributed by atoms with Crippen molar-refractivity contribution in [1.29, 1.82) is 0 Å². The molecule has 1 heterocycles. The van der Waals surface area contributed by atoms with Gasteiger partial charge in [0, 0.05) is 26.2 Å². The number of hydrogen-bond donors (Lipinski definition) is 1. The van der Waals surface area contributed by atoms with E-state index in [2.05, 4.69) is 0 Å². The molecule has 22 heavy (non-hydrogen) atoms. The van der Waals surface area contributed by atoms with Gasteiger partial charge in [0.25, 0.3) is 5.91 Å². The number of nitrogens with zero attached hydrogens (tertiary/aromatic N) is 2. The number of carbonyl (C=O) groups excluding carboxylic acids is 1. The van der Waals surface area contributed by atoms with Gasteiger partial charge in [-0.3, -0.25) is 4.79 Å². The molecule has 1 fully saturated rings. The first-order valence-electron chi connectivity index (χ1n) is 6.47. The van der Waals surface area contributed by atoms with Crippen molar-refractivity contribution in [2.75, 3.05) is 32.4 Å². The standard InChI is InChI=1S/C13H15FN2O5S/c1-22(20,21)16-6-4-15(5-7-16)12(17)10-3-2-9(13(18)19)8-11(10)14/h2-3,8H,4-7H2,1H3,(H,18,19). The van der Waals surface area contributed by atoms with Crippen molar-refractivity contribution in [3.63, 3.8) is 0 Å². The molecule has 1 saturated heterocycles. The zero-order chi connectivity index (χ0) is 16.5. The van der Waals surface area contributed by atoms with Gasteiger partial charge in [-0.25, -0.2) is 17.6 Å². The van der Waals surface area contributed by atoms with Crippen LogP contribution in [0, 0.1) is 5.82 Å². The molecule has 0 aromatic heterocycles. The molecular weight excluding hydrogens is 315 g/mol. The Morgan fingerprint density at radius 2 is 1.77 bits per heavy atom. The van der Waals surface area contributed by atoms with Gasteiger partial charge in [-0.05, 0) is 18.2 Å². The molecule has 0 bridgehead atoms. The average Bonchev–Trinajstić information content (AvgIpc) is 2.45. The maximum absolute atomic E-state index is 13.9. The van der Waals surface area contributed by atoms with Gasteiger partial charge in [-0.15, -0.1) is 0 Å². The molecular formula is C13H15FN2O5S. The summed E-state index contributed by atoms with van der Waals surface area (Å²) in [4.78, 5) is 24.3. The molecule has 2 rings (SSSR count). The predicted molar refractivity (Wildman–Crippen MR) is 75.7 cm³/mol. The summed E-state index contributed by atoms with van der Waals surface area (Å²) in [5.74, 6) is -2.77. The van der Waals surface area contributed by atoms with Crippen LogP contribution >= 0.6 is 0 Å². The van der Waals surface area contributed by atoms with Crippen LogP contribution in [-0.2, 0) is 10.0 Å². The Morgan fingerprint density at radius 3 is 2.23 bits per heavy atom. The van der Waals surface area contributed by atoms with E-state index in [0.717, 1.165) is 24.5 Å². The lowest BCUT2D eigenvalue weighted by Crippen LogP contribution is -2.50. The molecule has 1 aliphatic heterocycles. The lowest BCUT2D eigenvalue weighted by molar-refractivity contribution is 0.0680. The van der Waals surface area contributed by atoms with Gasteiger partial charge in [0.05, 0.1) is 17.4 Å². The van der Waals surface area contributed by atoms with Crippen molar-refractivity contribution in [2.45, 2.75) is 0 Å². The van der Waals surface area contributed by atoms with Crippen LogP contribution in [0.1, 0.15) is 20.7 Å². The Balaban J connectivity index is 2.12. The molecule has 0 aliphatic carbocycles. The summed E-state index contributed by atoms with van der Waals surface area (Å²) in [5, 5.41) is 8.77. The number of carboxylic acid groups (broad SMARTS) is 1. The first kappa shape index (κ1) is 16.4. The maximum atomic E-state index is 13.9. The molecule has 1 amide bonds. The molecule has 1 aromatic carbocycles. The highest BCUT2D eigenvalue weighted by atomic mass is 32.2. The number of sulfonamides is 1. The molecule has 9 heteroatoms. The van der Waals surface area contributed by atoms with Gasteiger partial charge < -0.3 is 10.0 Å². The fourth-order valence-corrected chi connectivity index (χ4v) is 3.04. The fraction of sp³-hybridized carbons (Fsp3) is 0.385. The number of aromatic carboxylic acids is 1. The molecule has 1 aliphatic rings. The number of carboxylic acids is 1. The third kappa shape index (κ3) is 3.42. The number of carbonyl (C=O) groups is 2. The van der Waals surface area contributed by atoms with Crippen molar-refractivity contribution < 1.29 is 27.5 Å². The second-order valence-corrected chi connectivity index (χ2v) is 6.94. The third-order valence-electron chi connectivity index (χ3n) is 3.44. The van der Waals surface area contributed by atoms with Gasteiger partial charge in [-0.1, -0.05) is 0 Å². The summed E-state index contributed by atoms with van der Waals surface area (Å²) in [5.41, 5.74) is -0.464. The Kier molecular flexibility index (Phi) is 4.47. The van der Waals surface area contributed by atoms with Gasteiger partial charge >= 0.3 is 5.97 Å². The van der Waals surface area contributed by atoms with E-state index >= 15 is 0 Å². The van der Waals surface area contributed by atoms with Gasteiger partial charge in [0.1, 0.15) is 5.82 Å². The fourth-order valence-electron chi connectivity index (χ4n) is 2.21. The zero-order valence-electron chi connectivity index (χ0n) is 11.8. The van der Waals surface area contributed by atoms with E-state index in [0.29, 0.717) is 0 Å². The van der Waals surface area contributed by atoms with Crippen LogP contribution in [0.25, 0.3) is 0 Å². The van der Waals surface area contributed by atoms with Crippen molar-refractivity contribution in [3.8, 4) is 0 Å². The van der Waals surface area contributed by atoms with Gasteiger partial charge in [0.2, 0.25) is 10.0 Å². The van der Waals surface area contributed by atoms with Crippen molar-refractivity contribution >= 4 is 21.9 Å². The van der Waals surface area contributed by atoms with Crippen molar-refractivity contribution in [2.24, 2.45) is 0 Å². The molecule has 0 saturated carbocycles. The summed E-state index contributed by atoms with van der Waals surface area (Å²) in [6, 6.07) is 3.08. The summed E-state index contributed by atoms with van der Waals surface area (Å²) >= 11 is 0. The first-order chi connectivity index (χ1) is 10.2. The van der Waals surface area contributed by atoms with Crippen molar-refractivity contribution in [1.82, 2.24) is 9.21 Å². The molecule has 0 atom stereocenters. The Labute approximate surface area is 127 Å². The second kappa shape index (κ2) is 6.01.